The Balaban J connectivity index is 1.61. The molecular formula is C23H32N4O2. The van der Waals surface area contributed by atoms with Gasteiger partial charge in [0, 0.05) is 12.6 Å². The molecule has 3 rings (SSSR count). The molecule has 1 fully saturated rings. The lowest BCUT2D eigenvalue weighted by Gasteiger charge is -2.30. The monoisotopic (exact) mass is 396 g/mol. The number of nitrogens with two attached hydrogens (primary N) is 1. The number of aliphatic imine (C=N–C) groups is 1. The Kier molecular flexibility index (Phi) is 7.36. The number of nitrogens with one attached hydrogen (secondary N) is 1. The summed E-state index contributed by atoms with van der Waals surface area (Å²) in [6.07, 6.45) is 2.58. The van der Waals surface area contributed by atoms with E-state index in [0.717, 1.165) is 29.5 Å². The summed E-state index contributed by atoms with van der Waals surface area (Å²) in [5.41, 5.74) is 9.30. The maximum atomic E-state index is 6.10. The van der Waals surface area contributed by atoms with Crippen LogP contribution in [0.3, 0.4) is 0 Å². The van der Waals surface area contributed by atoms with Crippen molar-refractivity contribution in [2.45, 2.75) is 32.9 Å². The summed E-state index contributed by atoms with van der Waals surface area (Å²) in [5.74, 6) is 2.60. The maximum Gasteiger partial charge on any atom is 0.193 e. The van der Waals surface area contributed by atoms with Gasteiger partial charge in [-0.2, -0.15) is 0 Å². The molecule has 2 aromatic carbocycles. The van der Waals surface area contributed by atoms with Gasteiger partial charge in [0.1, 0.15) is 11.5 Å². The van der Waals surface area contributed by atoms with Gasteiger partial charge in [-0.15, -0.1) is 0 Å². The van der Waals surface area contributed by atoms with Crippen molar-refractivity contribution in [3.05, 3.63) is 53.6 Å². The first-order valence-corrected chi connectivity index (χ1v) is 10.2. The minimum atomic E-state index is 0.340. The van der Waals surface area contributed by atoms with Crippen LogP contribution in [0.5, 0.6) is 11.5 Å². The first-order chi connectivity index (χ1) is 14.1. The lowest BCUT2D eigenvalue weighted by atomic mass is 9.98. The van der Waals surface area contributed by atoms with Gasteiger partial charge in [0.2, 0.25) is 0 Å². The fourth-order valence-corrected chi connectivity index (χ4v) is 3.57. The number of likely N-dealkylation sites (tertiary alicyclic amines) is 1. The predicted molar refractivity (Wildman–Crippen MR) is 119 cm³/mol. The van der Waals surface area contributed by atoms with Gasteiger partial charge >= 0.3 is 0 Å². The Morgan fingerprint density at radius 2 is 1.86 bits per heavy atom. The quantitative estimate of drug-likeness (QED) is 0.549. The number of hydrogen-bond acceptors (Lipinski definition) is 4. The summed E-state index contributed by atoms with van der Waals surface area (Å²) in [5, 5.41) is 3.11. The van der Waals surface area contributed by atoms with Crippen LogP contribution >= 0.6 is 0 Å². The van der Waals surface area contributed by atoms with Gasteiger partial charge in [-0.1, -0.05) is 31.2 Å². The molecule has 29 heavy (non-hydrogen) atoms. The minimum Gasteiger partial charge on any atom is -0.497 e. The topological polar surface area (TPSA) is 72.1 Å². The highest BCUT2D eigenvalue weighted by molar-refractivity contribution is 5.94. The molecule has 0 amide bonds. The van der Waals surface area contributed by atoms with Gasteiger partial charge in [-0.3, -0.25) is 4.90 Å². The maximum absolute atomic E-state index is 6.10. The number of rotatable bonds is 7. The first kappa shape index (κ1) is 21.0. The van der Waals surface area contributed by atoms with E-state index in [0.29, 0.717) is 18.3 Å². The molecule has 1 heterocycles. The normalized spacial score (nSPS) is 15.9. The van der Waals surface area contributed by atoms with Crippen LogP contribution in [-0.2, 0) is 13.1 Å². The van der Waals surface area contributed by atoms with Crippen molar-refractivity contribution in [2.75, 3.05) is 32.6 Å². The fourth-order valence-electron chi connectivity index (χ4n) is 3.57. The van der Waals surface area contributed by atoms with Crippen molar-refractivity contribution >= 4 is 11.6 Å². The van der Waals surface area contributed by atoms with Gasteiger partial charge < -0.3 is 20.5 Å². The predicted octanol–water partition coefficient (Wildman–Crippen LogP) is 3.86. The number of ether oxygens (including phenoxy) is 2. The molecule has 1 aliphatic rings. The number of benzene rings is 2. The van der Waals surface area contributed by atoms with Crippen LogP contribution < -0.4 is 20.5 Å². The Bertz CT molecular complexity index is 829. The number of hydrogen-bond donors (Lipinski definition) is 2. The molecule has 0 atom stereocenters. The lowest BCUT2D eigenvalue weighted by molar-refractivity contribution is 0.185. The molecule has 0 bridgehead atoms. The van der Waals surface area contributed by atoms with Crippen molar-refractivity contribution in [3.8, 4) is 11.5 Å². The summed E-state index contributed by atoms with van der Waals surface area (Å²) in [7, 11) is 3.25. The summed E-state index contributed by atoms with van der Waals surface area (Å²) in [6.45, 7) is 6.23. The number of guanidine groups is 1. The lowest BCUT2D eigenvalue weighted by Crippen LogP contribution is -2.32. The first-order valence-electron chi connectivity index (χ1n) is 10.2. The average molecular weight is 397 g/mol. The molecule has 1 aliphatic heterocycles. The highest BCUT2D eigenvalue weighted by atomic mass is 16.5. The summed E-state index contributed by atoms with van der Waals surface area (Å²) < 4.78 is 10.6. The van der Waals surface area contributed by atoms with Crippen LogP contribution in [0.15, 0.2) is 47.5 Å². The molecule has 2 aromatic rings. The zero-order valence-electron chi connectivity index (χ0n) is 17.6. The fraction of sp³-hybridized carbons (Fsp3) is 0.435. The van der Waals surface area contributed by atoms with E-state index >= 15 is 0 Å². The number of anilines is 1. The van der Waals surface area contributed by atoms with Crippen LogP contribution in [0.1, 0.15) is 30.9 Å². The number of nitrogens with zero attached hydrogens (tertiary/aromatic N) is 2. The third kappa shape index (κ3) is 6.12. The van der Waals surface area contributed by atoms with Gasteiger partial charge in [-0.25, -0.2) is 4.99 Å². The molecule has 3 N–H and O–H groups in total. The molecule has 0 saturated carbocycles. The third-order valence-corrected chi connectivity index (χ3v) is 5.38. The molecule has 156 valence electrons. The Hall–Kier alpha value is -2.73. The number of piperidine rings is 1. The second kappa shape index (κ2) is 10.2. The molecule has 6 heteroatoms. The summed E-state index contributed by atoms with van der Waals surface area (Å²) in [6, 6.07) is 14.1. The Labute approximate surface area is 173 Å². The van der Waals surface area contributed by atoms with E-state index in [-0.39, 0.29) is 0 Å². The van der Waals surface area contributed by atoms with Crippen molar-refractivity contribution in [3.63, 3.8) is 0 Å². The van der Waals surface area contributed by atoms with Gasteiger partial charge in [0.15, 0.2) is 5.96 Å². The highest BCUT2D eigenvalue weighted by Crippen LogP contribution is 2.28. The average Bonchev–Trinajstić information content (AvgIpc) is 2.74. The second-order valence-corrected chi connectivity index (χ2v) is 7.67. The van der Waals surface area contributed by atoms with E-state index in [1.807, 2.05) is 18.2 Å². The SMILES string of the molecule is COc1ccc(OC)c(NC(N)=NCc2cccc(CN3CCC(C)CC3)c2)c1. The van der Waals surface area contributed by atoms with E-state index in [4.69, 9.17) is 15.2 Å². The Morgan fingerprint density at radius 3 is 2.59 bits per heavy atom. The van der Waals surface area contributed by atoms with E-state index in [2.05, 4.69) is 46.4 Å². The summed E-state index contributed by atoms with van der Waals surface area (Å²) in [4.78, 5) is 7.03. The largest absolute Gasteiger partial charge is 0.497 e. The van der Waals surface area contributed by atoms with Crippen LogP contribution in [-0.4, -0.2) is 38.2 Å². The van der Waals surface area contributed by atoms with Crippen molar-refractivity contribution in [2.24, 2.45) is 16.6 Å². The molecule has 0 unspecified atom stereocenters. The standard InChI is InChI=1S/C23H32N4O2/c1-17-9-11-27(12-10-17)16-19-6-4-5-18(13-19)15-25-23(24)26-21-14-20(28-2)7-8-22(21)29-3/h4-8,13-14,17H,9-12,15-16H2,1-3H3,(H3,24,25,26). The van der Waals surface area contributed by atoms with Gasteiger partial charge in [0.25, 0.3) is 0 Å². The van der Waals surface area contributed by atoms with Gasteiger partial charge in [-0.05, 0) is 55.1 Å². The molecular weight excluding hydrogens is 364 g/mol. The molecule has 0 spiro atoms. The van der Waals surface area contributed by atoms with E-state index < -0.39 is 0 Å². The van der Waals surface area contributed by atoms with E-state index in [9.17, 15) is 0 Å². The van der Waals surface area contributed by atoms with Crippen molar-refractivity contribution < 1.29 is 9.47 Å². The summed E-state index contributed by atoms with van der Waals surface area (Å²) >= 11 is 0. The van der Waals surface area contributed by atoms with E-state index in [1.165, 1.54) is 31.5 Å². The van der Waals surface area contributed by atoms with Crippen LogP contribution in [0.2, 0.25) is 0 Å². The molecule has 0 aromatic heterocycles. The zero-order chi connectivity index (χ0) is 20.6. The van der Waals surface area contributed by atoms with Gasteiger partial charge in [0.05, 0.1) is 26.5 Å². The highest BCUT2D eigenvalue weighted by Gasteiger charge is 2.15. The second-order valence-electron chi connectivity index (χ2n) is 7.67. The molecule has 6 nitrogen and oxygen atoms in total. The van der Waals surface area contributed by atoms with Crippen molar-refractivity contribution in [1.82, 2.24) is 4.90 Å². The third-order valence-electron chi connectivity index (χ3n) is 5.38. The van der Waals surface area contributed by atoms with E-state index in [1.54, 1.807) is 14.2 Å². The van der Waals surface area contributed by atoms with Crippen molar-refractivity contribution in [1.29, 1.82) is 0 Å². The molecule has 0 aliphatic carbocycles. The zero-order valence-corrected chi connectivity index (χ0v) is 17.6. The minimum absolute atomic E-state index is 0.340. The van der Waals surface area contributed by atoms with Crippen LogP contribution in [0.4, 0.5) is 5.69 Å². The number of methoxy groups -OCH3 is 2. The van der Waals surface area contributed by atoms with Crippen LogP contribution in [0.25, 0.3) is 0 Å². The smallest absolute Gasteiger partial charge is 0.193 e. The molecule has 0 radical (unpaired) electrons. The van der Waals surface area contributed by atoms with Crippen LogP contribution in [0, 0.1) is 5.92 Å². The molecule has 1 saturated heterocycles. The Morgan fingerprint density at radius 1 is 1.10 bits per heavy atom.